The maximum Gasteiger partial charge on any atom is 2.00 e. The Morgan fingerprint density at radius 3 is 0.603 bits per heavy atom. The third kappa shape index (κ3) is 44.0. The van der Waals surface area contributed by atoms with Gasteiger partial charge in [-0.2, -0.15) is 0 Å². The minimum atomic E-state index is -0.472. The fourth-order valence-electron chi connectivity index (χ4n) is 11.7. The molecule has 0 saturated carbocycles. The Morgan fingerprint density at radius 2 is 0.397 bits per heavy atom. The number of anilines is 2. The van der Waals surface area contributed by atoms with E-state index in [-0.39, 0.29) is 196 Å². The van der Waals surface area contributed by atoms with Gasteiger partial charge in [-0.25, -0.2) is 0 Å². The van der Waals surface area contributed by atoms with E-state index in [9.17, 15) is 19.2 Å². The van der Waals surface area contributed by atoms with E-state index in [1.165, 1.54) is 24.8 Å². The van der Waals surface area contributed by atoms with Crippen molar-refractivity contribution in [3.63, 3.8) is 0 Å². The number of aromatic nitrogens is 16. The average Bonchev–Trinajstić information content (AvgIpc) is 0.774. The number of carbonyl (C=O) groups excluding carboxylic acids is 4. The fourth-order valence-corrected chi connectivity index (χ4v) is 11.7. The summed E-state index contributed by atoms with van der Waals surface area (Å²) in [5, 5.41) is 14.8. The molecule has 0 fully saturated rings. The van der Waals surface area contributed by atoms with Gasteiger partial charge in [-0.05, 0) is 194 Å². The number of hydrogen-bond acceptors (Lipinski definition) is 20. The summed E-state index contributed by atoms with van der Waals surface area (Å²) in [7, 11) is 19.5. The molecular formula is C90H96Cl8N20O19Pt2Ru2. The zero-order chi connectivity index (χ0) is 83.3. The molecular weight excluding hydrogens is 2540 g/mol. The summed E-state index contributed by atoms with van der Waals surface area (Å²) in [5.41, 5.74) is 14.2. The van der Waals surface area contributed by atoms with E-state index in [1.807, 2.05) is 194 Å². The predicted octanol–water partition coefficient (Wildman–Crippen LogP) is -5.57. The van der Waals surface area contributed by atoms with Gasteiger partial charge in [0.15, 0.2) is 0 Å². The number of benzene rings is 2. The average molecular weight is 2640 g/mol. The molecule has 141 heavy (non-hydrogen) atoms. The normalized spacial score (nSPS) is 8.79. The van der Waals surface area contributed by atoms with Crippen molar-refractivity contribution in [3.8, 4) is 68.3 Å². The van der Waals surface area contributed by atoms with Gasteiger partial charge in [0.25, 0.3) is 23.6 Å². The standard InChI is InChI=1S/C50H34N12O4.4C10H8N2.8ClH.15H2O.2Pt.2Ru/c63-47(31-9-17-51-39(25-31)41-27-33(11-19-53-41)49(65)61-37-23-29-5-1-13-55-43(29)45-35(37)7-3-15-57-45)59-21-22-60-48(64)32-10-18-52-40(26-32)42-28-34(12-20-54-42)50(66)62-38-24-30-6-2-14-56-44(30)46-36(38)8-4-16-58-46;4*1-3-7-11-9(5-1)10-6-2-4-8-12-10;;;;;;;;;;;;;;;;;;;;;;;;;;;/h1-20,23-28H,21-22H2,(H,59,63)(H,60,64)(H,61,65)(H,62,66);4*1-8H;8*1H;15*1H2;;;;/q;;;;;;;;;;;;;;;;;;;;;;;;;;;;4*+2/p-8. The van der Waals surface area contributed by atoms with Crippen LogP contribution in [0.1, 0.15) is 41.4 Å². The van der Waals surface area contributed by atoms with Crippen molar-refractivity contribution in [3.05, 3.63) is 376 Å². The van der Waals surface area contributed by atoms with Gasteiger partial charge in [0.2, 0.25) is 0 Å². The number of rotatable bonds is 15. The van der Waals surface area contributed by atoms with Crippen LogP contribution in [0.2, 0.25) is 0 Å². The molecule has 18 aromatic rings. The largest absolute Gasteiger partial charge is 2.00 e. The van der Waals surface area contributed by atoms with Crippen molar-refractivity contribution in [2.24, 2.45) is 0 Å². The van der Waals surface area contributed by atoms with E-state index < -0.39 is 44.8 Å². The molecule has 4 amide bonds. The first-order chi connectivity index (χ1) is 59.1. The number of hydrogen-bond donors (Lipinski definition) is 4. The van der Waals surface area contributed by atoms with Gasteiger partial charge in [-0.15, -0.1) is 0 Å². The Labute approximate surface area is 889 Å². The molecule has 0 aliphatic heterocycles. The Bertz CT molecular complexity index is 5760. The molecule has 39 nitrogen and oxygen atoms in total. The molecule has 0 bridgehead atoms. The zero-order valence-corrected chi connectivity index (χ0v) is 86.6. The molecule has 16 heterocycles. The van der Waals surface area contributed by atoms with Gasteiger partial charge in [0, 0.05) is 156 Å². The fraction of sp³-hybridized carbons (Fsp3) is 0.0222. The smallest absolute Gasteiger partial charge is 0.255 e. The summed E-state index contributed by atoms with van der Waals surface area (Å²) in [6.45, 7) is 0.252. The van der Waals surface area contributed by atoms with Crippen molar-refractivity contribution in [1.82, 2.24) is 90.4 Å². The van der Waals surface area contributed by atoms with Crippen LogP contribution in [0.25, 0.3) is 112 Å². The molecule has 0 radical (unpaired) electrons. The maximum absolute atomic E-state index is 13.6. The van der Waals surface area contributed by atoms with Gasteiger partial charge in [0.05, 0.1) is 102 Å². The van der Waals surface area contributed by atoms with Crippen molar-refractivity contribution in [2.45, 2.75) is 0 Å². The third-order valence-electron chi connectivity index (χ3n) is 17.1. The Balaban J connectivity index is -0.000000235. The molecule has 0 unspecified atom stereocenters. The van der Waals surface area contributed by atoms with Crippen LogP contribution >= 0.6 is 37.7 Å². The van der Waals surface area contributed by atoms with E-state index >= 15 is 0 Å². The van der Waals surface area contributed by atoms with Crippen LogP contribution < -0.4 is 70.9 Å². The Hall–Kier alpha value is -11.9. The SMILES string of the molecule is O.O.O.O.O.O.O.O.O.O.O.O.O.O.O.O=C(NCCNC(=O)c1ccnc(-c2cc(C(=O)Nc3cc4cccnc4c4ncccc34)ccn2)c1)c1ccnc(-c2cc(C(=O)Nc3cc4cccnc4c4ncccc34)ccn2)c1.[Cl-].[Cl-].[Cl-].[Cl-].[Cl][Pt][Cl].[Cl][Pt][Cl].[Ru+2].[Ru+2].c1ccc(-c2ccccn2)nc1.c1ccc(-c2ccccn2)nc1.c1ccc(-c2ccccn2)nc1.c1ccc(-c2ccccn2)nc1. The minimum absolute atomic E-state index is 0. The maximum atomic E-state index is 13.6. The summed E-state index contributed by atoms with van der Waals surface area (Å²) < 4.78 is 0. The molecule has 16 aromatic heterocycles. The summed E-state index contributed by atoms with van der Waals surface area (Å²) >= 11 is -0.944. The number of carbonyl (C=O) groups is 4. The van der Waals surface area contributed by atoms with E-state index in [1.54, 1.807) is 135 Å². The monoisotopic (exact) mass is 2630 g/mol. The van der Waals surface area contributed by atoms with Crippen LogP contribution in [0, 0.1) is 0 Å². The second-order valence-corrected chi connectivity index (χ2v) is 31.3. The van der Waals surface area contributed by atoms with Crippen molar-refractivity contribution >= 4 is 116 Å². The number of nitrogens with zero attached hydrogens (tertiary/aromatic N) is 16. The van der Waals surface area contributed by atoms with Gasteiger partial charge >= 0.3 is 110 Å². The van der Waals surface area contributed by atoms with Crippen LogP contribution in [0.5, 0.6) is 0 Å². The molecule has 2 aromatic carbocycles. The number of nitrogens with one attached hydrogen (secondary N) is 4. The van der Waals surface area contributed by atoms with E-state index in [0.717, 1.165) is 78.1 Å². The first-order valence-corrected chi connectivity index (χ1v) is 47.6. The van der Waals surface area contributed by atoms with Crippen LogP contribution in [-0.2, 0) is 71.9 Å². The summed E-state index contributed by atoms with van der Waals surface area (Å²) in [5.74, 6) is -1.51. The van der Waals surface area contributed by atoms with Gasteiger partial charge in [-0.3, -0.25) is 98.9 Å². The topological polar surface area (TPSA) is 795 Å². The Morgan fingerprint density at radius 1 is 0.213 bits per heavy atom. The third-order valence-corrected chi connectivity index (χ3v) is 17.1. The second-order valence-electron chi connectivity index (χ2n) is 24.7. The van der Waals surface area contributed by atoms with Gasteiger partial charge < -0.3 is 153 Å². The predicted molar refractivity (Wildman–Crippen MR) is 517 cm³/mol. The van der Waals surface area contributed by atoms with Crippen molar-refractivity contribution in [2.75, 3.05) is 23.7 Å². The van der Waals surface area contributed by atoms with E-state index in [2.05, 4.69) is 101 Å². The van der Waals surface area contributed by atoms with Crippen LogP contribution in [0.4, 0.5) is 11.4 Å². The molecule has 34 N–H and O–H groups in total. The molecule has 18 rings (SSSR count). The van der Waals surface area contributed by atoms with Crippen molar-refractivity contribution in [1.29, 1.82) is 0 Å². The first-order valence-electron chi connectivity index (χ1n) is 36.3. The van der Waals surface area contributed by atoms with Gasteiger partial charge in [-0.1, -0.05) is 60.7 Å². The van der Waals surface area contributed by atoms with E-state index in [0.29, 0.717) is 67.4 Å². The Kier molecular flexibility index (Phi) is 85.5. The summed E-state index contributed by atoms with van der Waals surface area (Å²) in [6, 6.07) is 77.7. The molecule has 0 saturated heterocycles. The second kappa shape index (κ2) is 80.7. The number of amides is 4. The van der Waals surface area contributed by atoms with Crippen molar-refractivity contribution < 1.29 is 223 Å². The van der Waals surface area contributed by atoms with Crippen LogP contribution in [0.15, 0.2) is 354 Å². The number of halogens is 8. The minimum Gasteiger partial charge on any atom is -0.255 e. The summed E-state index contributed by atoms with van der Waals surface area (Å²) in [4.78, 5) is 123. The molecule has 0 spiro atoms. The number of pyridine rings is 16. The summed E-state index contributed by atoms with van der Waals surface area (Å²) in [6.07, 6.45) is 26.9. The first kappa shape index (κ1) is 149. The molecule has 0 aliphatic carbocycles. The van der Waals surface area contributed by atoms with Gasteiger partial charge in [0.1, 0.15) is 0 Å². The molecule has 0 aliphatic rings. The van der Waals surface area contributed by atoms with E-state index in [4.69, 9.17) is 37.7 Å². The molecule has 51 heteroatoms. The van der Waals surface area contributed by atoms with Crippen LogP contribution in [-0.4, -0.2) is 199 Å². The molecule has 762 valence electrons. The molecule has 0 atom stereocenters. The number of fused-ring (bicyclic) bond motifs is 6. The quantitative estimate of drug-likeness (QED) is 0.0422. The zero-order valence-electron chi connectivity index (χ0n) is 72.6. The van der Waals surface area contributed by atoms with Crippen LogP contribution in [0.3, 0.4) is 0 Å².